The van der Waals surface area contributed by atoms with Gasteiger partial charge in [0.15, 0.2) is 9.84 Å². The molecule has 1 aliphatic heterocycles. The zero-order chi connectivity index (χ0) is 28.2. The Balaban J connectivity index is 1.49. The summed E-state index contributed by atoms with van der Waals surface area (Å²) in [5.41, 5.74) is 8.29. The Labute approximate surface area is 231 Å². The Hall–Kier alpha value is -2.98. The van der Waals surface area contributed by atoms with Crippen LogP contribution in [0.3, 0.4) is 0 Å². The van der Waals surface area contributed by atoms with Gasteiger partial charge in [-0.2, -0.15) is 0 Å². The summed E-state index contributed by atoms with van der Waals surface area (Å²) in [5, 5.41) is 2.90. The lowest BCUT2D eigenvalue weighted by molar-refractivity contribution is 0.0898. The predicted octanol–water partition coefficient (Wildman–Crippen LogP) is 4.53. The summed E-state index contributed by atoms with van der Waals surface area (Å²) in [4.78, 5) is 32.0. The van der Waals surface area contributed by atoms with Gasteiger partial charge in [0, 0.05) is 19.3 Å². The maximum atomic E-state index is 13.3. The summed E-state index contributed by atoms with van der Waals surface area (Å²) in [6.07, 6.45) is 6.73. The molecule has 4 rings (SSSR count). The highest BCUT2D eigenvalue weighted by molar-refractivity contribution is 7.91. The number of rotatable bonds is 10. The third kappa shape index (κ3) is 6.97. The molecule has 2 aromatic rings. The van der Waals surface area contributed by atoms with Crippen LogP contribution in [0.25, 0.3) is 0 Å². The normalized spacial score (nSPS) is 22.2. The largest absolute Gasteiger partial charge is 0.447 e. The van der Waals surface area contributed by atoms with Gasteiger partial charge >= 0.3 is 6.09 Å². The molecule has 1 saturated carbocycles. The van der Waals surface area contributed by atoms with Crippen molar-refractivity contribution in [2.75, 3.05) is 18.9 Å². The Morgan fingerprint density at radius 3 is 2.46 bits per heavy atom. The molecular weight excluding hydrogens is 516 g/mol. The maximum absolute atomic E-state index is 13.3. The number of pyridine rings is 1. The number of nitrogens with two attached hydrogens (primary N) is 1. The number of amides is 2. The standard InChI is InChI=1S/C29H40N4O5S/c1-4-26-27-23(17-33(26)16-20-8-6-19(3)7-9-20)14-22(15-31-27)28(34)32-25(18-38-29(30)35)21-10-12-24(13-11-21)39(36,37)5-2/h10-15,19-20,25-26H,4-9,16-18H2,1-3H3,(H2,30,35)(H,32,34)/t19-,20-,25-,26-/m0/s1. The van der Waals surface area contributed by atoms with E-state index in [0.29, 0.717) is 17.0 Å². The van der Waals surface area contributed by atoms with E-state index in [-0.39, 0.29) is 29.2 Å². The third-order valence-corrected chi connectivity index (χ3v) is 9.88. The number of ether oxygens (including phenoxy) is 1. The highest BCUT2D eigenvalue weighted by Crippen LogP contribution is 2.38. The SMILES string of the molecule is CC[C@H]1c2ncc(C(=O)N[C@@H](COC(N)=O)c3ccc(S(=O)(=O)CC)cc3)cc2CN1C[C@H]1CC[C@H](C)CC1. The number of nitrogens with one attached hydrogen (secondary N) is 1. The van der Waals surface area contributed by atoms with E-state index in [4.69, 9.17) is 15.5 Å². The van der Waals surface area contributed by atoms with Crippen molar-refractivity contribution in [2.24, 2.45) is 17.6 Å². The number of carbonyl (C=O) groups excluding carboxylic acids is 2. The number of fused-ring (bicyclic) bond motifs is 1. The van der Waals surface area contributed by atoms with Crippen molar-refractivity contribution in [1.29, 1.82) is 0 Å². The second-order valence-electron chi connectivity index (χ2n) is 10.9. The van der Waals surface area contributed by atoms with Crippen LogP contribution in [0.15, 0.2) is 41.4 Å². The van der Waals surface area contributed by atoms with Crippen LogP contribution < -0.4 is 11.1 Å². The zero-order valence-corrected chi connectivity index (χ0v) is 23.9. The topological polar surface area (TPSA) is 132 Å². The van der Waals surface area contributed by atoms with Crippen molar-refractivity contribution < 1.29 is 22.7 Å². The van der Waals surface area contributed by atoms with E-state index in [2.05, 4.69) is 24.1 Å². The predicted molar refractivity (Wildman–Crippen MR) is 149 cm³/mol. The number of nitrogens with zero attached hydrogens (tertiary/aromatic N) is 2. The van der Waals surface area contributed by atoms with Crippen LogP contribution in [-0.2, 0) is 21.1 Å². The number of benzene rings is 1. The quantitative estimate of drug-likeness (QED) is 0.439. The maximum Gasteiger partial charge on any atom is 0.404 e. The molecule has 2 amide bonds. The first kappa shape index (κ1) is 29.0. The second-order valence-corrected chi connectivity index (χ2v) is 13.2. The number of primary amides is 1. The second kappa shape index (κ2) is 12.5. The lowest BCUT2D eigenvalue weighted by Crippen LogP contribution is -2.33. The summed E-state index contributed by atoms with van der Waals surface area (Å²) >= 11 is 0. The minimum atomic E-state index is -3.37. The molecular formula is C29H40N4O5S. The van der Waals surface area contributed by atoms with Crippen molar-refractivity contribution in [1.82, 2.24) is 15.2 Å². The van der Waals surface area contributed by atoms with Crippen molar-refractivity contribution in [3.63, 3.8) is 0 Å². The molecule has 1 aromatic heterocycles. The van der Waals surface area contributed by atoms with E-state index < -0.39 is 22.0 Å². The fraction of sp³-hybridized carbons (Fsp3) is 0.552. The van der Waals surface area contributed by atoms with Gasteiger partial charge in [-0.25, -0.2) is 13.2 Å². The third-order valence-electron chi connectivity index (χ3n) is 8.13. The highest BCUT2D eigenvalue weighted by atomic mass is 32.2. The molecule has 1 aromatic carbocycles. The van der Waals surface area contributed by atoms with Gasteiger partial charge in [0.25, 0.3) is 5.91 Å². The van der Waals surface area contributed by atoms with Crippen molar-refractivity contribution in [3.05, 3.63) is 58.9 Å². The fourth-order valence-electron chi connectivity index (χ4n) is 5.76. The zero-order valence-electron chi connectivity index (χ0n) is 23.1. The smallest absolute Gasteiger partial charge is 0.404 e. The molecule has 0 saturated heterocycles. The molecule has 0 radical (unpaired) electrons. The number of hydrogen-bond acceptors (Lipinski definition) is 7. The Morgan fingerprint density at radius 2 is 1.85 bits per heavy atom. The van der Waals surface area contributed by atoms with Gasteiger partial charge in [-0.15, -0.1) is 0 Å². The molecule has 39 heavy (non-hydrogen) atoms. The molecule has 1 aliphatic carbocycles. The summed E-state index contributed by atoms with van der Waals surface area (Å²) in [7, 11) is -3.37. The Bertz CT molecular complexity index is 1270. The Kier molecular flexibility index (Phi) is 9.27. The average Bonchev–Trinajstić information content (AvgIpc) is 3.28. The molecule has 2 aliphatic rings. The minimum Gasteiger partial charge on any atom is -0.447 e. The van der Waals surface area contributed by atoms with Gasteiger partial charge < -0.3 is 15.8 Å². The molecule has 0 bridgehead atoms. The molecule has 3 N–H and O–H groups in total. The summed E-state index contributed by atoms with van der Waals surface area (Å²) in [5.74, 6) is 1.15. The van der Waals surface area contributed by atoms with E-state index in [1.54, 1.807) is 25.3 Å². The molecule has 0 unspecified atom stereocenters. The number of hydrogen-bond donors (Lipinski definition) is 2. The minimum absolute atomic E-state index is 0.0151. The van der Waals surface area contributed by atoms with Gasteiger partial charge in [-0.05, 0) is 60.4 Å². The van der Waals surface area contributed by atoms with E-state index in [0.717, 1.165) is 36.7 Å². The van der Waals surface area contributed by atoms with E-state index in [1.807, 2.05) is 6.07 Å². The lowest BCUT2D eigenvalue weighted by atomic mass is 9.82. The highest BCUT2D eigenvalue weighted by Gasteiger charge is 2.33. The summed E-state index contributed by atoms with van der Waals surface area (Å²) < 4.78 is 29.4. The van der Waals surface area contributed by atoms with Gasteiger partial charge in [-0.3, -0.25) is 14.7 Å². The van der Waals surface area contributed by atoms with Crippen LogP contribution in [0, 0.1) is 11.8 Å². The van der Waals surface area contributed by atoms with Crippen LogP contribution in [0.5, 0.6) is 0 Å². The average molecular weight is 557 g/mol. The number of carbonyl (C=O) groups is 2. The van der Waals surface area contributed by atoms with Crippen LogP contribution in [0.1, 0.15) is 92.1 Å². The number of sulfone groups is 1. The van der Waals surface area contributed by atoms with Gasteiger partial charge in [0.1, 0.15) is 6.61 Å². The van der Waals surface area contributed by atoms with Crippen molar-refractivity contribution >= 4 is 21.8 Å². The summed E-state index contributed by atoms with van der Waals surface area (Å²) in [6.45, 7) is 7.73. The first-order valence-corrected chi connectivity index (χ1v) is 15.5. The van der Waals surface area contributed by atoms with Crippen LogP contribution in [-0.4, -0.2) is 49.2 Å². The molecule has 1 fully saturated rings. The monoisotopic (exact) mass is 556 g/mol. The fourth-order valence-corrected chi connectivity index (χ4v) is 6.65. The van der Waals surface area contributed by atoms with Crippen LogP contribution in [0.4, 0.5) is 4.79 Å². The lowest BCUT2D eigenvalue weighted by Gasteiger charge is -2.32. The Morgan fingerprint density at radius 1 is 1.15 bits per heavy atom. The number of aromatic nitrogens is 1. The van der Waals surface area contributed by atoms with Crippen LogP contribution in [0.2, 0.25) is 0 Å². The van der Waals surface area contributed by atoms with Crippen molar-refractivity contribution in [2.45, 2.75) is 76.4 Å². The molecule has 212 valence electrons. The molecule has 10 heteroatoms. The van der Waals surface area contributed by atoms with E-state index in [1.165, 1.54) is 37.8 Å². The van der Waals surface area contributed by atoms with Crippen molar-refractivity contribution in [3.8, 4) is 0 Å². The molecule has 2 heterocycles. The van der Waals surface area contributed by atoms with Gasteiger partial charge in [0.2, 0.25) is 0 Å². The first-order chi connectivity index (χ1) is 18.6. The van der Waals surface area contributed by atoms with Crippen LogP contribution >= 0.6 is 0 Å². The van der Waals surface area contributed by atoms with E-state index in [9.17, 15) is 18.0 Å². The van der Waals surface area contributed by atoms with Gasteiger partial charge in [0.05, 0.1) is 34.0 Å². The van der Waals surface area contributed by atoms with E-state index >= 15 is 0 Å². The van der Waals surface area contributed by atoms with Gasteiger partial charge in [-0.1, -0.05) is 45.7 Å². The molecule has 0 spiro atoms. The summed E-state index contributed by atoms with van der Waals surface area (Å²) in [6, 6.07) is 7.63. The molecule has 2 atom stereocenters. The molecule has 9 nitrogen and oxygen atoms in total. The first-order valence-electron chi connectivity index (χ1n) is 13.9.